The fourth-order valence-corrected chi connectivity index (χ4v) is 3.70. The van der Waals surface area contributed by atoms with Crippen molar-refractivity contribution < 1.29 is 18.0 Å². The first-order chi connectivity index (χ1) is 11.3. The van der Waals surface area contributed by atoms with Crippen LogP contribution in [0.1, 0.15) is 36.2 Å². The lowest BCUT2D eigenvalue weighted by atomic mass is 9.85. The van der Waals surface area contributed by atoms with E-state index in [1.54, 1.807) is 29.5 Å². The molecule has 130 valence electrons. The van der Waals surface area contributed by atoms with Crippen molar-refractivity contribution in [1.82, 2.24) is 20.1 Å². The van der Waals surface area contributed by atoms with Crippen molar-refractivity contribution >= 4 is 17.2 Å². The number of hydrogen-bond donors (Lipinski definition) is 1. The van der Waals surface area contributed by atoms with Gasteiger partial charge in [-0.2, -0.15) is 18.3 Å². The third-order valence-electron chi connectivity index (χ3n) is 4.16. The van der Waals surface area contributed by atoms with Crippen LogP contribution in [0.25, 0.3) is 10.6 Å². The number of rotatable bonds is 3. The van der Waals surface area contributed by atoms with Gasteiger partial charge in [0, 0.05) is 30.2 Å². The predicted octanol–water partition coefficient (Wildman–Crippen LogP) is 3.39. The fourth-order valence-electron chi connectivity index (χ4n) is 2.92. The molecule has 0 aliphatic heterocycles. The number of halogens is 3. The topological polar surface area (TPSA) is 59.8 Å². The monoisotopic (exact) mass is 358 g/mol. The van der Waals surface area contributed by atoms with Crippen LogP contribution in [0.3, 0.4) is 0 Å². The lowest BCUT2D eigenvalue weighted by Gasteiger charge is -2.30. The van der Waals surface area contributed by atoms with Gasteiger partial charge in [-0.25, -0.2) is 4.98 Å². The number of alkyl halides is 3. The zero-order valence-corrected chi connectivity index (χ0v) is 13.8. The van der Waals surface area contributed by atoms with Crippen molar-refractivity contribution in [3.8, 4) is 10.6 Å². The van der Waals surface area contributed by atoms with Gasteiger partial charge in [-0.1, -0.05) is 6.42 Å². The normalized spacial score (nSPS) is 21.7. The maximum absolute atomic E-state index is 12.8. The Morgan fingerprint density at radius 1 is 1.42 bits per heavy atom. The van der Waals surface area contributed by atoms with Gasteiger partial charge in [0.15, 0.2) is 0 Å². The minimum absolute atomic E-state index is 0.0607. The molecule has 0 saturated heterocycles. The molecule has 2 aromatic heterocycles. The molecule has 1 aliphatic rings. The molecule has 2 atom stereocenters. The third kappa shape index (κ3) is 3.77. The molecule has 0 spiro atoms. The molecule has 9 heteroatoms. The first kappa shape index (κ1) is 16.9. The van der Waals surface area contributed by atoms with Gasteiger partial charge >= 0.3 is 6.18 Å². The van der Waals surface area contributed by atoms with Gasteiger partial charge in [-0.05, 0) is 19.3 Å². The highest BCUT2D eigenvalue weighted by molar-refractivity contribution is 7.13. The van der Waals surface area contributed by atoms with Crippen LogP contribution in [0.4, 0.5) is 13.2 Å². The quantitative estimate of drug-likeness (QED) is 0.915. The van der Waals surface area contributed by atoms with Crippen LogP contribution in [-0.4, -0.2) is 32.9 Å². The number of aryl methyl sites for hydroxylation is 1. The largest absolute Gasteiger partial charge is 0.391 e. The smallest absolute Gasteiger partial charge is 0.348 e. The first-order valence-electron chi connectivity index (χ1n) is 7.65. The van der Waals surface area contributed by atoms with Gasteiger partial charge in [0.05, 0.1) is 12.1 Å². The van der Waals surface area contributed by atoms with E-state index < -0.39 is 24.0 Å². The maximum atomic E-state index is 12.8. The summed E-state index contributed by atoms with van der Waals surface area (Å²) in [4.78, 5) is 16.5. The molecular formula is C15H17F3N4OS. The van der Waals surface area contributed by atoms with Crippen LogP contribution in [0.2, 0.25) is 0 Å². The van der Waals surface area contributed by atoms with E-state index in [1.165, 1.54) is 11.3 Å². The van der Waals surface area contributed by atoms with Crippen molar-refractivity contribution in [2.45, 2.75) is 37.9 Å². The van der Waals surface area contributed by atoms with E-state index in [0.717, 1.165) is 5.56 Å². The summed E-state index contributed by atoms with van der Waals surface area (Å²) in [5.74, 6) is -1.76. The Balaban J connectivity index is 1.64. The minimum Gasteiger partial charge on any atom is -0.348 e. The summed E-state index contributed by atoms with van der Waals surface area (Å²) in [6.07, 6.45) is 0.347. The van der Waals surface area contributed by atoms with Crippen molar-refractivity contribution in [3.05, 3.63) is 23.5 Å². The number of amides is 1. The third-order valence-corrected chi connectivity index (χ3v) is 5.05. The Hall–Kier alpha value is -1.90. The van der Waals surface area contributed by atoms with Crippen LogP contribution in [0.15, 0.2) is 17.8 Å². The van der Waals surface area contributed by atoms with Crippen molar-refractivity contribution in [1.29, 1.82) is 0 Å². The van der Waals surface area contributed by atoms with E-state index in [0.29, 0.717) is 17.8 Å². The molecule has 2 unspecified atom stereocenters. The lowest BCUT2D eigenvalue weighted by Crippen LogP contribution is -2.41. The Morgan fingerprint density at radius 2 is 2.21 bits per heavy atom. The van der Waals surface area contributed by atoms with E-state index >= 15 is 0 Å². The molecule has 1 fully saturated rings. The summed E-state index contributed by atoms with van der Waals surface area (Å²) in [7, 11) is 1.78. The molecule has 1 saturated carbocycles. The molecule has 2 aromatic rings. The molecule has 1 N–H and O–H groups in total. The van der Waals surface area contributed by atoms with Crippen molar-refractivity contribution in [3.63, 3.8) is 0 Å². The highest BCUT2D eigenvalue weighted by Crippen LogP contribution is 2.37. The number of aromatic nitrogens is 3. The molecular weight excluding hydrogens is 341 g/mol. The van der Waals surface area contributed by atoms with E-state index in [-0.39, 0.29) is 18.5 Å². The second-order valence-corrected chi connectivity index (χ2v) is 6.87. The number of carbonyl (C=O) groups excluding carboxylic acids is 1. The summed E-state index contributed by atoms with van der Waals surface area (Å²) in [5, 5.41) is 9.01. The van der Waals surface area contributed by atoms with E-state index in [4.69, 9.17) is 0 Å². The van der Waals surface area contributed by atoms with Crippen LogP contribution in [0, 0.1) is 5.92 Å². The highest BCUT2D eigenvalue weighted by atomic mass is 32.1. The summed E-state index contributed by atoms with van der Waals surface area (Å²) >= 11 is 1.31. The van der Waals surface area contributed by atoms with E-state index in [1.807, 2.05) is 0 Å². The van der Waals surface area contributed by atoms with Gasteiger partial charge in [-0.3, -0.25) is 9.48 Å². The average Bonchev–Trinajstić information content (AvgIpc) is 3.15. The number of nitrogens with one attached hydrogen (secondary N) is 1. The van der Waals surface area contributed by atoms with Crippen LogP contribution in [-0.2, 0) is 7.05 Å². The molecule has 3 rings (SSSR count). The Kier molecular flexibility index (Phi) is 4.62. The number of carbonyl (C=O) groups is 1. The Morgan fingerprint density at radius 3 is 2.88 bits per heavy atom. The van der Waals surface area contributed by atoms with Crippen molar-refractivity contribution in [2.24, 2.45) is 13.0 Å². The molecule has 24 heavy (non-hydrogen) atoms. The second kappa shape index (κ2) is 6.54. The summed E-state index contributed by atoms with van der Waals surface area (Å²) in [6.45, 7) is 0. The summed E-state index contributed by atoms with van der Waals surface area (Å²) in [6, 6.07) is -0.457. The highest BCUT2D eigenvalue weighted by Gasteiger charge is 2.42. The molecule has 5 nitrogen and oxygen atoms in total. The van der Waals surface area contributed by atoms with Crippen LogP contribution >= 0.6 is 11.3 Å². The predicted molar refractivity (Wildman–Crippen MR) is 83.6 cm³/mol. The standard InChI is InChI=1S/C15H17F3N4OS/c1-22-7-9(6-19-22)14-21-12(8-24-14)13(23)20-11-4-2-3-10(5-11)15(16,17)18/h6-8,10-11H,2-5H2,1H3,(H,20,23). The molecule has 1 amide bonds. The van der Waals surface area contributed by atoms with Crippen LogP contribution < -0.4 is 5.32 Å². The summed E-state index contributed by atoms with van der Waals surface area (Å²) < 4.78 is 40.1. The maximum Gasteiger partial charge on any atom is 0.391 e. The van der Waals surface area contributed by atoms with Gasteiger partial charge < -0.3 is 5.32 Å². The Labute approximate surface area is 140 Å². The average molecular weight is 358 g/mol. The minimum atomic E-state index is -4.20. The molecule has 0 radical (unpaired) electrons. The molecule has 2 heterocycles. The zero-order valence-electron chi connectivity index (χ0n) is 13.0. The van der Waals surface area contributed by atoms with Crippen LogP contribution in [0.5, 0.6) is 0 Å². The molecule has 1 aliphatic carbocycles. The van der Waals surface area contributed by atoms with Gasteiger partial charge in [0.2, 0.25) is 0 Å². The van der Waals surface area contributed by atoms with E-state index in [2.05, 4.69) is 15.4 Å². The van der Waals surface area contributed by atoms with Gasteiger partial charge in [0.25, 0.3) is 5.91 Å². The molecule has 0 aromatic carbocycles. The lowest BCUT2D eigenvalue weighted by molar-refractivity contribution is -0.183. The van der Waals surface area contributed by atoms with E-state index in [9.17, 15) is 18.0 Å². The Bertz CT molecular complexity index is 724. The number of thiazole rings is 1. The fraction of sp³-hybridized carbons (Fsp3) is 0.533. The second-order valence-electron chi connectivity index (χ2n) is 6.02. The van der Waals surface area contributed by atoms with Gasteiger partial charge in [-0.15, -0.1) is 11.3 Å². The molecule has 0 bridgehead atoms. The summed E-state index contributed by atoms with van der Waals surface area (Å²) in [5.41, 5.74) is 1.03. The first-order valence-corrected chi connectivity index (χ1v) is 8.53. The SMILES string of the molecule is Cn1cc(-c2nc(C(=O)NC3CCCC(C(F)(F)F)C3)cs2)cn1. The number of nitrogens with zero attached hydrogens (tertiary/aromatic N) is 3. The van der Waals surface area contributed by atoms with Crippen molar-refractivity contribution in [2.75, 3.05) is 0 Å². The number of hydrogen-bond acceptors (Lipinski definition) is 4. The zero-order chi connectivity index (χ0) is 17.3. The van der Waals surface area contributed by atoms with Gasteiger partial charge in [0.1, 0.15) is 10.7 Å².